The molecule has 2 unspecified atom stereocenters. The van der Waals surface area contributed by atoms with Crippen molar-refractivity contribution < 1.29 is 9.53 Å². The number of carbonyl (C=O) groups excluding carboxylic acids is 1. The summed E-state index contributed by atoms with van der Waals surface area (Å²) in [5.41, 5.74) is 0. The molecule has 1 aliphatic rings. The summed E-state index contributed by atoms with van der Waals surface area (Å²) in [6.07, 6.45) is 6.54. The topological polar surface area (TPSA) is 38.3 Å². The van der Waals surface area contributed by atoms with Crippen molar-refractivity contribution in [1.82, 2.24) is 5.32 Å². The highest BCUT2D eigenvalue weighted by Crippen LogP contribution is 2.30. The van der Waals surface area contributed by atoms with E-state index in [-0.39, 0.29) is 12.5 Å². The first-order valence-corrected chi connectivity index (χ1v) is 6.56. The Morgan fingerprint density at radius 1 is 1.44 bits per heavy atom. The van der Waals surface area contributed by atoms with Gasteiger partial charge in [-0.15, -0.1) is 0 Å². The molecule has 0 aromatic carbocycles. The third kappa shape index (κ3) is 5.50. The first-order chi connectivity index (χ1) is 7.72. The molecule has 0 aromatic heterocycles. The maximum Gasteiger partial charge on any atom is 0.245 e. The molecule has 0 aliphatic heterocycles. The summed E-state index contributed by atoms with van der Waals surface area (Å²) in [4.78, 5) is 11.3. The van der Waals surface area contributed by atoms with Crippen LogP contribution in [0.3, 0.4) is 0 Å². The van der Waals surface area contributed by atoms with Crippen molar-refractivity contribution in [3.8, 4) is 0 Å². The number of amides is 1. The molecule has 0 heterocycles. The van der Waals surface area contributed by atoms with Crippen LogP contribution in [0, 0.1) is 11.8 Å². The summed E-state index contributed by atoms with van der Waals surface area (Å²) in [6.45, 7) is 5.85. The lowest BCUT2D eigenvalue weighted by Crippen LogP contribution is -2.30. The summed E-state index contributed by atoms with van der Waals surface area (Å²) >= 11 is 0. The Kier molecular flexibility index (Phi) is 6.46. The summed E-state index contributed by atoms with van der Waals surface area (Å²) in [5, 5.41) is 2.92. The van der Waals surface area contributed by atoms with Crippen LogP contribution in [-0.2, 0) is 9.53 Å². The van der Waals surface area contributed by atoms with E-state index in [1.54, 1.807) is 0 Å². The minimum absolute atomic E-state index is 0.0192. The zero-order valence-electron chi connectivity index (χ0n) is 10.6. The second kappa shape index (κ2) is 7.66. The Hall–Kier alpha value is -0.570. The normalized spacial score (nSPS) is 25.4. The Morgan fingerprint density at radius 3 is 2.94 bits per heavy atom. The molecule has 0 saturated heterocycles. The van der Waals surface area contributed by atoms with E-state index in [0.717, 1.165) is 24.8 Å². The van der Waals surface area contributed by atoms with Gasteiger partial charge in [0.1, 0.15) is 6.61 Å². The van der Waals surface area contributed by atoms with Crippen LogP contribution in [0.5, 0.6) is 0 Å². The van der Waals surface area contributed by atoms with Gasteiger partial charge < -0.3 is 10.1 Å². The molecule has 1 rings (SSSR count). The number of ether oxygens (including phenoxy) is 1. The molecule has 16 heavy (non-hydrogen) atoms. The standard InChI is InChI=1S/C13H25NO2/c1-3-16-10-13(15)14-8-7-12-6-4-5-11(2)9-12/h11-12H,3-10H2,1-2H3,(H,14,15). The van der Waals surface area contributed by atoms with E-state index in [1.807, 2.05) is 6.92 Å². The van der Waals surface area contributed by atoms with E-state index >= 15 is 0 Å². The fraction of sp³-hybridized carbons (Fsp3) is 0.923. The van der Waals surface area contributed by atoms with Crippen molar-refractivity contribution in [2.75, 3.05) is 19.8 Å². The second-order valence-electron chi connectivity index (χ2n) is 4.91. The Morgan fingerprint density at radius 2 is 2.25 bits per heavy atom. The number of nitrogens with one attached hydrogen (secondary N) is 1. The Balaban J connectivity index is 2.03. The predicted molar refractivity (Wildman–Crippen MR) is 65.2 cm³/mol. The lowest BCUT2D eigenvalue weighted by atomic mass is 9.81. The molecule has 2 atom stereocenters. The third-order valence-electron chi connectivity index (χ3n) is 3.36. The van der Waals surface area contributed by atoms with Gasteiger partial charge in [-0.25, -0.2) is 0 Å². The van der Waals surface area contributed by atoms with Gasteiger partial charge >= 0.3 is 0 Å². The third-order valence-corrected chi connectivity index (χ3v) is 3.36. The van der Waals surface area contributed by atoms with Gasteiger partial charge in [0.05, 0.1) is 0 Å². The van der Waals surface area contributed by atoms with E-state index in [0.29, 0.717) is 6.61 Å². The van der Waals surface area contributed by atoms with E-state index in [1.165, 1.54) is 25.7 Å². The molecular formula is C13H25NO2. The molecule has 0 bridgehead atoms. The molecule has 1 aliphatic carbocycles. The van der Waals surface area contributed by atoms with Crippen LogP contribution in [0.4, 0.5) is 0 Å². The maximum absolute atomic E-state index is 11.3. The number of hydrogen-bond acceptors (Lipinski definition) is 2. The van der Waals surface area contributed by atoms with Gasteiger partial charge in [-0.3, -0.25) is 4.79 Å². The average molecular weight is 227 g/mol. The summed E-state index contributed by atoms with van der Waals surface area (Å²) in [7, 11) is 0. The summed E-state index contributed by atoms with van der Waals surface area (Å²) in [6, 6.07) is 0. The quantitative estimate of drug-likeness (QED) is 0.756. The van der Waals surface area contributed by atoms with Gasteiger partial charge in [0, 0.05) is 13.2 Å². The first-order valence-electron chi connectivity index (χ1n) is 6.56. The molecule has 0 spiro atoms. The largest absolute Gasteiger partial charge is 0.372 e. The molecule has 3 nitrogen and oxygen atoms in total. The van der Waals surface area contributed by atoms with Crippen LogP contribution in [0.25, 0.3) is 0 Å². The highest BCUT2D eigenvalue weighted by atomic mass is 16.5. The maximum atomic E-state index is 11.3. The second-order valence-corrected chi connectivity index (χ2v) is 4.91. The fourth-order valence-corrected chi connectivity index (χ4v) is 2.48. The van der Waals surface area contributed by atoms with Gasteiger partial charge in [0.2, 0.25) is 5.91 Å². The van der Waals surface area contributed by atoms with Crippen molar-refractivity contribution in [3.05, 3.63) is 0 Å². The van der Waals surface area contributed by atoms with E-state index in [2.05, 4.69) is 12.2 Å². The van der Waals surface area contributed by atoms with Gasteiger partial charge in [-0.1, -0.05) is 26.2 Å². The monoisotopic (exact) mass is 227 g/mol. The lowest BCUT2D eigenvalue weighted by Gasteiger charge is -2.26. The predicted octanol–water partition coefficient (Wildman–Crippen LogP) is 2.36. The van der Waals surface area contributed by atoms with Crippen LogP contribution in [0.15, 0.2) is 0 Å². The molecule has 1 N–H and O–H groups in total. The van der Waals surface area contributed by atoms with Gasteiger partial charge in [-0.05, 0) is 31.6 Å². The van der Waals surface area contributed by atoms with Crippen LogP contribution < -0.4 is 5.32 Å². The molecule has 94 valence electrons. The summed E-state index contributed by atoms with van der Waals surface area (Å²) < 4.78 is 5.04. The van der Waals surface area contributed by atoms with Crippen LogP contribution in [0.2, 0.25) is 0 Å². The van der Waals surface area contributed by atoms with Crippen molar-refractivity contribution in [3.63, 3.8) is 0 Å². The highest BCUT2D eigenvalue weighted by molar-refractivity contribution is 5.77. The average Bonchev–Trinajstić information content (AvgIpc) is 2.26. The van der Waals surface area contributed by atoms with Crippen molar-refractivity contribution in [2.45, 2.75) is 46.0 Å². The lowest BCUT2D eigenvalue weighted by molar-refractivity contribution is -0.125. The molecule has 0 aromatic rings. The molecule has 1 amide bonds. The SMILES string of the molecule is CCOCC(=O)NCCC1CCCC(C)C1. The van der Waals surface area contributed by atoms with E-state index in [9.17, 15) is 4.79 Å². The zero-order chi connectivity index (χ0) is 11.8. The molecule has 0 radical (unpaired) electrons. The smallest absolute Gasteiger partial charge is 0.245 e. The molecular weight excluding hydrogens is 202 g/mol. The molecule has 3 heteroatoms. The van der Waals surface area contributed by atoms with Crippen molar-refractivity contribution >= 4 is 5.91 Å². The molecule has 1 saturated carbocycles. The fourth-order valence-electron chi connectivity index (χ4n) is 2.48. The zero-order valence-corrected chi connectivity index (χ0v) is 10.6. The van der Waals surface area contributed by atoms with Crippen LogP contribution >= 0.6 is 0 Å². The summed E-state index contributed by atoms with van der Waals surface area (Å²) in [5.74, 6) is 1.71. The number of carbonyl (C=O) groups is 1. The van der Waals surface area contributed by atoms with Crippen LogP contribution in [-0.4, -0.2) is 25.7 Å². The highest BCUT2D eigenvalue weighted by Gasteiger charge is 2.18. The van der Waals surface area contributed by atoms with Crippen molar-refractivity contribution in [1.29, 1.82) is 0 Å². The van der Waals surface area contributed by atoms with Gasteiger partial charge in [0.25, 0.3) is 0 Å². The molecule has 1 fully saturated rings. The van der Waals surface area contributed by atoms with Crippen molar-refractivity contribution in [2.24, 2.45) is 11.8 Å². The van der Waals surface area contributed by atoms with Gasteiger partial charge in [-0.2, -0.15) is 0 Å². The van der Waals surface area contributed by atoms with Gasteiger partial charge in [0.15, 0.2) is 0 Å². The van der Waals surface area contributed by atoms with E-state index in [4.69, 9.17) is 4.74 Å². The minimum Gasteiger partial charge on any atom is -0.372 e. The first kappa shape index (κ1) is 13.5. The van der Waals surface area contributed by atoms with Crippen LogP contribution in [0.1, 0.15) is 46.0 Å². The number of rotatable bonds is 6. The minimum atomic E-state index is 0.0192. The Bertz CT molecular complexity index is 206. The number of hydrogen-bond donors (Lipinski definition) is 1. The Labute approximate surface area is 98.9 Å². The van der Waals surface area contributed by atoms with E-state index < -0.39 is 0 Å².